The van der Waals surface area contributed by atoms with Gasteiger partial charge in [-0.05, 0) is 83.9 Å². The van der Waals surface area contributed by atoms with Crippen molar-refractivity contribution in [3.8, 4) is 50.7 Å². The molecule has 2 aliphatic heterocycles. The number of amides is 2. The number of phenols is 1. The topological polar surface area (TPSA) is 246 Å². The number of hydrogen-bond acceptors (Lipinski definition) is 10. The highest BCUT2D eigenvalue weighted by Crippen LogP contribution is 2.47. The van der Waals surface area contributed by atoms with Gasteiger partial charge in [0.1, 0.15) is 28.4 Å². The van der Waals surface area contributed by atoms with Crippen molar-refractivity contribution in [3.63, 3.8) is 0 Å². The van der Waals surface area contributed by atoms with Gasteiger partial charge < -0.3 is 45.9 Å². The minimum Gasteiger partial charge on any atom is -0.507 e. The zero-order valence-corrected chi connectivity index (χ0v) is 35.5. The third-order valence-electron chi connectivity index (χ3n) is 11.1. The number of hydrogen-bond donors (Lipinski definition) is 7. The van der Waals surface area contributed by atoms with E-state index in [9.17, 15) is 39.3 Å². The Morgan fingerprint density at radius 3 is 2.11 bits per heavy atom. The number of aromatic carboxylic acids is 2. The molecule has 14 nitrogen and oxygen atoms in total. The third kappa shape index (κ3) is 7.69. The van der Waals surface area contributed by atoms with E-state index in [1.807, 2.05) is 0 Å². The van der Waals surface area contributed by atoms with Crippen molar-refractivity contribution < 1.29 is 43.3 Å². The van der Waals surface area contributed by atoms with Crippen LogP contribution in [0.4, 0.5) is 5.69 Å². The zero-order valence-electron chi connectivity index (χ0n) is 34.0. The molecule has 8 N–H and O–H groups in total. The van der Waals surface area contributed by atoms with Gasteiger partial charge in [0.2, 0.25) is 0 Å². The number of carboxylic acids is 2. The van der Waals surface area contributed by atoms with E-state index in [-0.39, 0.29) is 84.6 Å². The van der Waals surface area contributed by atoms with E-state index in [0.717, 1.165) is 0 Å². The number of carbonyl (C=O) groups is 4. The van der Waals surface area contributed by atoms with E-state index in [1.165, 1.54) is 54.6 Å². The lowest BCUT2D eigenvalue weighted by Gasteiger charge is -2.20. The third-order valence-corrected chi connectivity index (χ3v) is 11.8. The van der Waals surface area contributed by atoms with Crippen molar-refractivity contribution in [2.75, 3.05) is 5.73 Å². The van der Waals surface area contributed by atoms with Gasteiger partial charge in [-0.15, -0.1) is 0 Å². The first kappa shape index (κ1) is 42.8. The summed E-state index contributed by atoms with van der Waals surface area (Å²) in [6.45, 7) is -0.276. The first-order valence-corrected chi connectivity index (χ1v) is 20.7. The highest BCUT2D eigenvalue weighted by Gasteiger charge is 2.30. The van der Waals surface area contributed by atoms with Crippen LogP contribution in [0.25, 0.3) is 66.8 Å². The fourth-order valence-electron chi connectivity index (χ4n) is 8.06. The quantitative estimate of drug-likeness (QED) is 0.0503. The van der Waals surface area contributed by atoms with Crippen molar-refractivity contribution in [2.45, 2.75) is 13.1 Å². The van der Waals surface area contributed by atoms with Crippen LogP contribution >= 0.6 is 23.2 Å². The van der Waals surface area contributed by atoms with Gasteiger partial charge in [-0.1, -0.05) is 53.5 Å². The number of phenolic OH excluding ortho intramolecular Hbond substituents is 1. The van der Waals surface area contributed by atoms with Crippen LogP contribution in [0.3, 0.4) is 0 Å². The molecular weight excluding hydrogens is 887 g/mol. The van der Waals surface area contributed by atoms with Crippen molar-refractivity contribution in [1.82, 2.24) is 10.6 Å². The first-order chi connectivity index (χ1) is 31.7. The summed E-state index contributed by atoms with van der Waals surface area (Å²) in [5.74, 6) is -3.66. The van der Waals surface area contributed by atoms with Gasteiger partial charge in [0.25, 0.3) is 11.8 Å². The van der Waals surface area contributed by atoms with Crippen LogP contribution in [0.1, 0.15) is 52.6 Å². The summed E-state index contributed by atoms with van der Waals surface area (Å²) in [5, 5.41) is 45.8. The summed E-state index contributed by atoms with van der Waals surface area (Å²) in [6.07, 6.45) is 0. The van der Waals surface area contributed by atoms with Gasteiger partial charge in [0, 0.05) is 74.6 Å². The molecule has 9 rings (SSSR count). The molecule has 0 spiro atoms. The molecule has 0 unspecified atom stereocenters. The highest BCUT2D eigenvalue weighted by molar-refractivity contribution is 6.41. The van der Waals surface area contributed by atoms with Crippen LogP contribution in [0.5, 0.6) is 5.75 Å². The lowest BCUT2D eigenvalue weighted by atomic mass is 9.89. The predicted octanol–water partition coefficient (Wildman–Crippen LogP) is 9.41. The van der Waals surface area contributed by atoms with E-state index in [1.54, 1.807) is 66.7 Å². The number of nitrogens with two attached hydrogens (primary N) is 1. The Kier molecular flexibility index (Phi) is 11.0. The van der Waals surface area contributed by atoms with Gasteiger partial charge in [0.15, 0.2) is 5.43 Å². The second-order valence-corrected chi connectivity index (χ2v) is 16.0. The number of rotatable bonds is 10. The number of benzene rings is 7. The standard InChI is InChI=1S/C50H32Cl2N4O10/c51-36-20-34(45(52)44(50(63)64)43(36)42-31-12-9-25(53)17-38(31)65-39-18-26(54)10-13-32(39)42)48(60)55-21-23-5-7-24(8-6-23)47(59)56-22-35-37(58)16-15-33-41(28-3-1-2-4-29(28)49(61)62)30-14-11-27(57)19-40(30)66-46(33)35/h1-20,53,58H,21-22,54H2,(H,55,60)(H,56,59)(H,61,62)(H,63,64). The number of carboxylic acid groups (broad SMARTS) is 2. The normalized spacial score (nSPS) is 11.3. The number of fused-ring (bicyclic) bond motifs is 4. The second kappa shape index (κ2) is 16.9. The number of anilines is 1. The summed E-state index contributed by atoms with van der Waals surface area (Å²) in [6, 6.07) is 30.5. The number of carbonyl (C=O) groups excluding carboxylic acids is 2. The first-order valence-electron chi connectivity index (χ1n) is 19.9. The number of halogens is 2. The Hall–Kier alpha value is -8.46. The average Bonchev–Trinajstić information content (AvgIpc) is 3.29. The molecule has 5 aromatic rings. The van der Waals surface area contributed by atoms with Crippen LogP contribution in [0, 0.1) is 5.41 Å². The number of nitrogen functional groups attached to an aromatic ring is 1. The average molecular weight is 920 g/mol. The second-order valence-electron chi connectivity index (χ2n) is 15.2. The molecule has 5 aromatic carbocycles. The molecule has 2 amide bonds. The minimum absolute atomic E-state index is 0.0126. The van der Waals surface area contributed by atoms with E-state index in [0.29, 0.717) is 55.4 Å². The van der Waals surface area contributed by atoms with Crippen molar-refractivity contribution in [2.24, 2.45) is 0 Å². The van der Waals surface area contributed by atoms with Crippen LogP contribution in [-0.2, 0) is 13.1 Å². The molecule has 66 heavy (non-hydrogen) atoms. The smallest absolute Gasteiger partial charge is 0.337 e. The zero-order chi connectivity index (χ0) is 46.6. The Labute approximate surface area is 382 Å². The van der Waals surface area contributed by atoms with Gasteiger partial charge in [-0.25, -0.2) is 9.59 Å². The maximum atomic E-state index is 13.6. The summed E-state index contributed by atoms with van der Waals surface area (Å²) in [4.78, 5) is 64.7. The van der Waals surface area contributed by atoms with Crippen molar-refractivity contribution >= 4 is 74.6 Å². The van der Waals surface area contributed by atoms with E-state index < -0.39 is 29.3 Å². The predicted molar refractivity (Wildman–Crippen MR) is 247 cm³/mol. The molecule has 326 valence electrons. The SMILES string of the molecule is N=c1ccc2c(-c3c(Cl)cc(C(=O)NCc4ccc(C(=O)NCc5c(O)ccc6c(-c7ccccc7C(=O)O)c7ccc(=O)cc-7oc56)cc4)c(Cl)c3C(=O)O)c3ccc(N)cc3oc-2c1. The maximum absolute atomic E-state index is 13.6. The van der Waals surface area contributed by atoms with Gasteiger partial charge in [-0.3, -0.25) is 14.4 Å². The van der Waals surface area contributed by atoms with E-state index in [4.69, 9.17) is 43.2 Å². The Balaban J connectivity index is 0.958. The largest absolute Gasteiger partial charge is 0.507 e. The molecule has 0 aromatic heterocycles. The molecule has 0 bridgehead atoms. The molecule has 0 saturated heterocycles. The fraction of sp³-hybridized carbons (Fsp3) is 0.0400. The molecular formula is C50H32Cl2N4O10. The molecule has 2 aliphatic carbocycles. The molecule has 0 saturated carbocycles. The van der Waals surface area contributed by atoms with Gasteiger partial charge >= 0.3 is 11.9 Å². The van der Waals surface area contributed by atoms with Crippen LogP contribution in [0.15, 0.2) is 135 Å². The fourth-order valence-corrected chi connectivity index (χ4v) is 8.68. The number of nitrogens with one attached hydrogen (secondary N) is 3. The van der Waals surface area contributed by atoms with Crippen LogP contribution in [0.2, 0.25) is 10.0 Å². The monoisotopic (exact) mass is 918 g/mol. The number of aromatic hydroxyl groups is 1. The molecule has 16 heteroatoms. The molecule has 2 heterocycles. The minimum atomic E-state index is -1.45. The van der Waals surface area contributed by atoms with E-state index in [2.05, 4.69) is 10.6 Å². The van der Waals surface area contributed by atoms with Crippen molar-refractivity contribution in [1.29, 1.82) is 5.41 Å². The summed E-state index contributed by atoms with van der Waals surface area (Å²) in [7, 11) is 0. The van der Waals surface area contributed by atoms with Gasteiger partial charge in [-0.2, -0.15) is 0 Å². The van der Waals surface area contributed by atoms with Crippen LogP contribution < -0.4 is 27.2 Å². The lowest BCUT2D eigenvalue weighted by molar-refractivity contribution is 0.0687. The Morgan fingerprint density at radius 2 is 1.35 bits per heavy atom. The van der Waals surface area contributed by atoms with Gasteiger partial charge in [0.05, 0.1) is 44.2 Å². The lowest BCUT2D eigenvalue weighted by Crippen LogP contribution is -2.24. The van der Waals surface area contributed by atoms with E-state index >= 15 is 0 Å². The summed E-state index contributed by atoms with van der Waals surface area (Å²) in [5.41, 5.74) is 9.01. The van der Waals surface area contributed by atoms with Crippen molar-refractivity contribution in [3.05, 3.63) is 180 Å². The Morgan fingerprint density at radius 1 is 0.652 bits per heavy atom. The molecule has 0 atom stereocenters. The summed E-state index contributed by atoms with van der Waals surface area (Å²) < 4.78 is 12.2. The highest BCUT2D eigenvalue weighted by atomic mass is 35.5. The van der Waals surface area contributed by atoms with Crippen LogP contribution in [-0.4, -0.2) is 39.1 Å². The maximum Gasteiger partial charge on any atom is 0.337 e. The molecule has 0 radical (unpaired) electrons. The molecule has 4 aliphatic rings. The Bertz CT molecular complexity index is 3580. The molecule has 0 fully saturated rings. The summed E-state index contributed by atoms with van der Waals surface area (Å²) >= 11 is 13.6.